The Kier molecular flexibility index (Phi) is 3.77. The van der Waals surface area contributed by atoms with Crippen LogP contribution in [-0.2, 0) is 6.42 Å². The summed E-state index contributed by atoms with van der Waals surface area (Å²) in [5.41, 5.74) is 1.23. The van der Waals surface area contributed by atoms with Gasteiger partial charge in [0.05, 0.1) is 0 Å². The van der Waals surface area contributed by atoms with Crippen molar-refractivity contribution in [3.8, 4) is 5.75 Å². The lowest BCUT2D eigenvalue weighted by molar-refractivity contribution is 0.574. The van der Waals surface area contributed by atoms with E-state index in [4.69, 9.17) is 4.43 Å². The molecule has 0 N–H and O–H groups in total. The van der Waals surface area contributed by atoms with Crippen molar-refractivity contribution in [3.63, 3.8) is 0 Å². The van der Waals surface area contributed by atoms with E-state index in [2.05, 4.69) is 25.7 Å². The van der Waals surface area contributed by atoms with Gasteiger partial charge in [0.2, 0.25) is 0 Å². The summed E-state index contributed by atoms with van der Waals surface area (Å²) in [5.74, 6) is 1.02. The first-order valence-corrected chi connectivity index (χ1v) is 6.81. The Balaban J connectivity index is 2.83. The minimum atomic E-state index is -0.661. The fraction of sp³-hybridized carbons (Fsp3) is 0.273. The first kappa shape index (κ1) is 10.1. The van der Waals surface area contributed by atoms with E-state index in [1.807, 2.05) is 24.3 Å². The molecule has 1 aromatic carbocycles. The van der Waals surface area contributed by atoms with E-state index in [9.17, 15) is 0 Å². The van der Waals surface area contributed by atoms with Gasteiger partial charge in [-0.15, -0.1) is 6.58 Å². The van der Waals surface area contributed by atoms with Crippen LogP contribution in [0.4, 0.5) is 0 Å². The van der Waals surface area contributed by atoms with Crippen molar-refractivity contribution in [2.24, 2.45) is 0 Å². The zero-order valence-electron chi connectivity index (χ0n) is 8.21. The molecule has 0 aliphatic heterocycles. The van der Waals surface area contributed by atoms with Crippen molar-refractivity contribution >= 4 is 9.04 Å². The highest BCUT2D eigenvalue weighted by atomic mass is 28.3. The van der Waals surface area contributed by atoms with Gasteiger partial charge in [0.25, 0.3) is 9.04 Å². The van der Waals surface area contributed by atoms with Crippen LogP contribution in [0.15, 0.2) is 36.9 Å². The number of rotatable bonds is 4. The molecule has 0 saturated heterocycles. The molecule has 0 aliphatic carbocycles. The van der Waals surface area contributed by atoms with Crippen LogP contribution in [0.1, 0.15) is 5.56 Å². The lowest BCUT2D eigenvalue weighted by atomic mass is 10.1. The second-order valence-corrected chi connectivity index (χ2v) is 5.13. The Morgan fingerprint density at radius 3 is 2.69 bits per heavy atom. The van der Waals surface area contributed by atoms with Crippen LogP contribution in [0.5, 0.6) is 5.75 Å². The summed E-state index contributed by atoms with van der Waals surface area (Å²) in [7, 11) is -0.661. The molecule has 0 spiro atoms. The molecule has 0 amide bonds. The van der Waals surface area contributed by atoms with E-state index < -0.39 is 9.04 Å². The van der Waals surface area contributed by atoms with Gasteiger partial charge in [0, 0.05) is 0 Å². The van der Waals surface area contributed by atoms with E-state index >= 15 is 0 Å². The van der Waals surface area contributed by atoms with Crippen molar-refractivity contribution in [1.82, 2.24) is 0 Å². The summed E-state index contributed by atoms with van der Waals surface area (Å²) < 4.78 is 5.75. The molecular weight excluding hydrogens is 176 g/mol. The smallest absolute Gasteiger partial charge is 0.274 e. The van der Waals surface area contributed by atoms with Crippen LogP contribution in [0, 0.1) is 0 Å². The molecule has 0 fully saturated rings. The molecule has 0 aromatic heterocycles. The molecule has 13 heavy (non-hydrogen) atoms. The van der Waals surface area contributed by atoms with Crippen LogP contribution < -0.4 is 4.43 Å². The van der Waals surface area contributed by atoms with Gasteiger partial charge in [-0.25, -0.2) is 0 Å². The monoisotopic (exact) mass is 191 g/mol. The van der Waals surface area contributed by atoms with Gasteiger partial charge >= 0.3 is 0 Å². The van der Waals surface area contributed by atoms with Gasteiger partial charge < -0.3 is 4.43 Å². The minimum absolute atomic E-state index is 0.661. The minimum Gasteiger partial charge on any atom is -0.542 e. The first-order chi connectivity index (χ1) is 6.24. The number of para-hydroxylation sites is 1. The van der Waals surface area contributed by atoms with Crippen LogP contribution >= 0.6 is 0 Å². The third-order valence-electron chi connectivity index (χ3n) is 1.65. The Bertz CT molecular complexity index is 281. The number of hydrogen-bond acceptors (Lipinski definition) is 1. The van der Waals surface area contributed by atoms with Crippen molar-refractivity contribution < 1.29 is 4.43 Å². The summed E-state index contributed by atoms with van der Waals surface area (Å²) in [5, 5.41) is 0. The third-order valence-corrected chi connectivity index (χ3v) is 2.28. The molecule has 0 heterocycles. The van der Waals surface area contributed by atoms with Crippen LogP contribution in [0.25, 0.3) is 0 Å². The summed E-state index contributed by atoms with van der Waals surface area (Å²) in [6.07, 6.45) is 2.78. The van der Waals surface area contributed by atoms with Gasteiger partial charge in [0.15, 0.2) is 0 Å². The summed E-state index contributed by atoms with van der Waals surface area (Å²) in [6, 6.07) is 8.15. The second kappa shape index (κ2) is 4.87. The van der Waals surface area contributed by atoms with E-state index in [1.54, 1.807) is 0 Å². The van der Waals surface area contributed by atoms with E-state index in [1.165, 1.54) is 5.56 Å². The highest BCUT2D eigenvalue weighted by Crippen LogP contribution is 2.19. The number of allylic oxidation sites excluding steroid dienone is 1. The summed E-state index contributed by atoms with van der Waals surface area (Å²) in [4.78, 5) is 0. The fourth-order valence-electron chi connectivity index (χ4n) is 1.15. The summed E-state index contributed by atoms with van der Waals surface area (Å²) in [6.45, 7) is 8.00. The Labute approximate surface area is 81.8 Å². The quantitative estimate of drug-likeness (QED) is 0.525. The second-order valence-electron chi connectivity index (χ2n) is 3.11. The predicted octanol–water partition coefficient (Wildman–Crippen LogP) is 3.05. The Morgan fingerprint density at radius 2 is 2.08 bits per heavy atom. The van der Waals surface area contributed by atoms with E-state index in [-0.39, 0.29) is 0 Å². The lowest BCUT2D eigenvalue weighted by Gasteiger charge is -2.11. The lowest BCUT2D eigenvalue weighted by Crippen LogP contribution is -2.12. The molecule has 69 valence electrons. The van der Waals surface area contributed by atoms with E-state index in [0.717, 1.165) is 12.2 Å². The van der Waals surface area contributed by atoms with Crippen molar-refractivity contribution in [2.45, 2.75) is 19.5 Å². The average Bonchev–Trinajstić information content (AvgIpc) is 2.08. The fourth-order valence-corrected chi connectivity index (χ4v) is 1.79. The highest BCUT2D eigenvalue weighted by Gasteiger charge is 2.03. The molecule has 0 unspecified atom stereocenters. The molecule has 1 radical (unpaired) electrons. The molecular formula is C11H15OSi. The van der Waals surface area contributed by atoms with Crippen molar-refractivity contribution in [1.29, 1.82) is 0 Å². The van der Waals surface area contributed by atoms with Crippen LogP contribution in [0.3, 0.4) is 0 Å². The maximum Gasteiger partial charge on any atom is 0.274 e. The first-order valence-electron chi connectivity index (χ1n) is 4.41. The maximum absolute atomic E-state index is 5.75. The molecule has 2 heteroatoms. The van der Waals surface area contributed by atoms with Gasteiger partial charge in [0.1, 0.15) is 5.75 Å². The molecule has 0 atom stereocenters. The largest absolute Gasteiger partial charge is 0.542 e. The zero-order chi connectivity index (χ0) is 9.68. The Hall–Kier alpha value is -1.02. The predicted molar refractivity (Wildman–Crippen MR) is 58.5 cm³/mol. The molecule has 1 rings (SSSR count). The molecule has 0 saturated carbocycles. The zero-order valence-corrected chi connectivity index (χ0v) is 9.21. The van der Waals surface area contributed by atoms with E-state index in [0.29, 0.717) is 0 Å². The normalized spacial score (nSPS) is 10.1. The molecule has 1 nitrogen and oxygen atoms in total. The van der Waals surface area contributed by atoms with Crippen LogP contribution in [0.2, 0.25) is 13.1 Å². The maximum atomic E-state index is 5.75. The number of benzene rings is 1. The van der Waals surface area contributed by atoms with Gasteiger partial charge in [-0.05, 0) is 31.1 Å². The molecule has 1 aromatic rings. The SMILES string of the molecule is C=CCc1ccccc1O[Si](C)C. The van der Waals surface area contributed by atoms with Gasteiger partial charge in [-0.2, -0.15) is 0 Å². The van der Waals surface area contributed by atoms with Crippen LogP contribution in [-0.4, -0.2) is 9.04 Å². The van der Waals surface area contributed by atoms with Crippen molar-refractivity contribution in [2.75, 3.05) is 0 Å². The third kappa shape index (κ3) is 3.07. The average molecular weight is 191 g/mol. The van der Waals surface area contributed by atoms with Gasteiger partial charge in [-0.3, -0.25) is 0 Å². The topological polar surface area (TPSA) is 9.23 Å². The standard InChI is InChI=1S/C11H15OSi/c1-4-7-10-8-5-6-9-11(10)12-13(2)3/h4-6,8-9H,1,7H2,2-3H3. The van der Waals surface area contributed by atoms with Gasteiger partial charge in [-0.1, -0.05) is 24.3 Å². The van der Waals surface area contributed by atoms with Crippen molar-refractivity contribution in [3.05, 3.63) is 42.5 Å². The Morgan fingerprint density at radius 1 is 1.38 bits per heavy atom. The highest BCUT2D eigenvalue weighted by molar-refractivity contribution is 6.49. The summed E-state index contributed by atoms with van der Waals surface area (Å²) >= 11 is 0. The molecule has 0 bridgehead atoms. The number of hydrogen-bond donors (Lipinski definition) is 0. The molecule has 0 aliphatic rings.